The molecular formula is C10H8N2O2S. The third kappa shape index (κ3) is 1.97. The van der Waals surface area contributed by atoms with Crippen LogP contribution in [0, 0.1) is 0 Å². The van der Waals surface area contributed by atoms with E-state index >= 15 is 0 Å². The third-order valence-corrected chi connectivity index (χ3v) is 2.74. The molecule has 0 atom stereocenters. The van der Waals surface area contributed by atoms with Crippen LogP contribution in [-0.2, 0) is 10.3 Å². The highest BCUT2D eigenvalue weighted by atomic mass is 32.2. The maximum atomic E-state index is 11.1. The summed E-state index contributed by atoms with van der Waals surface area (Å²) >= 11 is 0. The van der Waals surface area contributed by atoms with Crippen molar-refractivity contribution in [1.82, 2.24) is 10.2 Å². The number of nitrogens with zero attached hydrogens (tertiary/aromatic N) is 1. The summed E-state index contributed by atoms with van der Waals surface area (Å²) in [6.07, 6.45) is 1.52. The number of hydrogen-bond acceptors (Lipinski definition) is 3. The zero-order valence-electron chi connectivity index (χ0n) is 7.71. The van der Waals surface area contributed by atoms with Crippen LogP contribution >= 0.6 is 0 Å². The molecule has 76 valence electrons. The van der Waals surface area contributed by atoms with Gasteiger partial charge in [-0.2, -0.15) is 13.5 Å². The highest BCUT2D eigenvalue weighted by Crippen LogP contribution is 2.06. The van der Waals surface area contributed by atoms with Crippen molar-refractivity contribution in [2.24, 2.45) is 0 Å². The highest BCUT2D eigenvalue weighted by molar-refractivity contribution is 7.73. The molecule has 1 aromatic carbocycles. The van der Waals surface area contributed by atoms with Gasteiger partial charge < -0.3 is 0 Å². The number of rotatable bonds is 2. The van der Waals surface area contributed by atoms with Crippen molar-refractivity contribution in [3.05, 3.63) is 53.9 Å². The Hall–Kier alpha value is -1.88. The van der Waals surface area contributed by atoms with Gasteiger partial charge in [-0.25, -0.2) is 0 Å². The van der Waals surface area contributed by atoms with E-state index in [1.165, 1.54) is 6.20 Å². The van der Waals surface area contributed by atoms with Gasteiger partial charge in [0.05, 0.1) is 5.69 Å². The number of hydrogen-bond donors (Lipinski definition) is 1. The predicted octanol–water partition coefficient (Wildman–Crippen LogP) is 0.858. The van der Waals surface area contributed by atoms with E-state index in [1.54, 1.807) is 30.3 Å². The van der Waals surface area contributed by atoms with Crippen molar-refractivity contribution in [3.8, 4) is 0 Å². The summed E-state index contributed by atoms with van der Waals surface area (Å²) in [7, 11) is -2.29. The lowest BCUT2D eigenvalue weighted by molar-refractivity contribution is 0.627. The van der Waals surface area contributed by atoms with Crippen molar-refractivity contribution >= 4 is 15.2 Å². The van der Waals surface area contributed by atoms with Crippen LogP contribution in [0.25, 0.3) is 0 Å². The molecule has 15 heavy (non-hydrogen) atoms. The normalized spacial score (nSPS) is 9.87. The standard InChI is InChI=1S/C10H8N2O2S/c13-15(14)10(9-6-7-11-12-9)8-4-2-1-3-5-8/h1-7H,(H,11,12). The lowest BCUT2D eigenvalue weighted by Gasteiger charge is -1.98. The minimum Gasteiger partial charge on any atom is -0.277 e. The van der Waals surface area contributed by atoms with Crippen LogP contribution in [0.1, 0.15) is 11.3 Å². The molecule has 0 saturated heterocycles. The molecule has 0 bridgehead atoms. The molecule has 1 N–H and O–H groups in total. The zero-order valence-corrected chi connectivity index (χ0v) is 8.53. The van der Waals surface area contributed by atoms with Gasteiger partial charge in [0, 0.05) is 6.20 Å². The van der Waals surface area contributed by atoms with Gasteiger partial charge in [-0.15, -0.1) is 0 Å². The van der Waals surface area contributed by atoms with E-state index in [9.17, 15) is 8.42 Å². The topological polar surface area (TPSA) is 62.8 Å². The molecule has 0 unspecified atom stereocenters. The quantitative estimate of drug-likeness (QED) is 0.603. The largest absolute Gasteiger partial charge is 0.277 e. The first-order chi connectivity index (χ1) is 7.29. The molecule has 0 aliphatic carbocycles. The fraction of sp³-hybridized carbons (Fsp3) is 0. The fourth-order valence-electron chi connectivity index (χ4n) is 1.31. The summed E-state index contributed by atoms with van der Waals surface area (Å²) in [5.41, 5.74) is 1.14. The van der Waals surface area contributed by atoms with Crippen molar-refractivity contribution in [1.29, 1.82) is 0 Å². The molecule has 0 fully saturated rings. The molecule has 0 aliphatic heterocycles. The van der Waals surface area contributed by atoms with Gasteiger partial charge in [0.1, 0.15) is 4.86 Å². The summed E-state index contributed by atoms with van der Waals surface area (Å²) in [4.78, 5) is 0.230. The average Bonchev–Trinajstić information content (AvgIpc) is 2.72. The minimum atomic E-state index is -2.29. The first-order valence-corrected chi connectivity index (χ1v) is 5.38. The van der Waals surface area contributed by atoms with Gasteiger partial charge in [-0.3, -0.25) is 5.10 Å². The minimum absolute atomic E-state index is 0.230. The average molecular weight is 220 g/mol. The summed E-state index contributed by atoms with van der Waals surface area (Å²) < 4.78 is 22.2. The molecule has 2 rings (SSSR count). The van der Waals surface area contributed by atoms with Crippen LogP contribution in [0.15, 0.2) is 42.6 Å². The smallest absolute Gasteiger partial charge is 0.224 e. The highest BCUT2D eigenvalue weighted by Gasteiger charge is 2.09. The molecule has 0 amide bonds. The maximum absolute atomic E-state index is 11.1. The fourth-order valence-corrected chi connectivity index (χ4v) is 1.94. The Balaban J connectivity index is 2.64. The molecule has 4 nitrogen and oxygen atoms in total. The lowest BCUT2D eigenvalue weighted by atomic mass is 10.1. The Morgan fingerprint density at radius 2 is 1.87 bits per heavy atom. The molecule has 1 heterocycles. The second kappa shape index (κ2) is 4.10. The summed E-state index contributed by atoms with van der Waals surface area (Å²) in [5.74, 6) is 0. The van der Waals surface area contributed by atoms with E-state index in [4.69, 9.17) is 0 Å². The lowest BCUT2D eigenvalue weighted by Crippen LogP contribution is -2.04. The monoisotopic (exact) mass is 220 g/mol. The Bertz CT molecular complexity index is 563. The third-order valence-electron chi connectivity index (χ3n) is 1.95. The van der Waals surface area contributed by atoms with Crippen LogP contribution in [-0.4, -0.2) is 23.5 Å². The number of aromatic nitrogens is 2. The predicted molar refractivity (Wildman–Crippen MR) is 57.2 cm³/mol. The zero-order chi connectivity index (χ0) is 10.7. The molecule has 0 spiro atoms. The Kier molecular flexibility index (Phi) is 2.64. The SMILES string of the molecule is O=S(=O)=C(c1ccccc1)c1ccn[nH]1. The van der Waals surface area contributed by atoms with E-state index in [0.717, 1.165) is 0 Å². The van der Waals surface area contributed by atoms with Crippen LogP contribution < -0.4 is 0 Å². The number of nitrogens with one attached hydrogen (secondary N) is 1. The number of aromatic amines is 1. The van der Waals surface area contributed by atoms with E-state index < -0.39 is 10.3 Å². The molecule has 1 aromatic heterocycles. The summed E-state index contributed by atoms with van der Waals surface area (Å²) in [5, 5.41) is 6.37. The number of benzene rings is 1. The first kappa shape index (κ1) is 9.67. The van der Waals surface area contributed by atoms with E-state index in [1.807, 2.05) is 6.07 Å². The van der Waals surface area contributed by atoms with Crippen molar-refractivity contribution in [3.63, 3.8) is 0 Å². The van der Waals surface area contributed by atoms with Crippen LogP contribution in [0.2, 0.25) is 0 Å². The second-order valence-electron chi connectivity index (χ2n) is 2.90. The van der Waals surface area contributed by atoms with E-state index in [-0.39, 0.29) is 4.86 Å². The Labute approximate surface area is 88.1 Å². The van der Waals surface area contributed by atoms with Crippen LogP contribution in [0.5, 0.6) is 0 Å². The molecule has 0 saturated carbocycles. The van der Waals surface area contributed by atoms with Gasteiger partial charge in [-0.1, -0.05) is 30.3 Å². The van der Waals surface area contributed by atoms with Gasteiger partial charge in [0.25, 0.3) is 0 Å². The number of H-pyrrole nitrogens is 1. The summed E-state index contributed by atoms with van der Waals surface area (Å²) in [6.45, 7) is 0. The van der Waals surface area contributed by atoms with Crippen molar-refractivity contribution in [2.45, 2.75) is 0 Å². The van der Waals surface area contributed by atoms with Crippen molar-refractivity contribution < 1.29 is 8.42 Å². The van der Waals surface area contributed by atoms with Gasteiger partial charge in [0.15, 0.2) is 0 Å². The van der Waals surface area contributed by atoms with Gasteiger partial charge >= 0.3 is 0 Å². The van der Waals surface area contributed by atoms with Gasteiger partial charge in [-0.05, 0) is 11.6 Å². The van der Waals surface area contributed by atoms with Crippen LogP contribution in [0.4, 0.5) is 0 Å². The molecule has 2 aromatic rings. The van der Waals surface area contributed by atoms with Crippen LogP contribution in [0.3, 0.4) is 0 Å². The van der Waals surface area contributed by atoms with Gasteiger partial charge in [0.2, 0.25) is 10.3 Å². The second-order valence-corrected chi connectivity index (χ2v) is 3.78. The van der Waals surface area contributed by atoms with Crippen molar-refractivity contribution in [2.75, 3.05) is 0 Å². The molecule has 0 radical (unpaired) electrons. The molecule has 5 heteroatoms. The Morgan fingerprint density at radius 1 is 1.13 bits per heavy atom. The maximum Gasteiger partial charge on any atom is 0.224 e. The molecule has 0 aliphatic rings. The first-order valence-electron chi connectivity index (χ1n) is 4.30. The molecular weight excluding hydrogens is 212 g/mol. The summed E-state index contributed by atoms with van der Waals surface area (Å²) in [6, 6.07) is 10.5. The Morgan fingerprint density at radius 3 is 2.40 bits per heavy atom. The van der Waals surface area contributed by atoms with E-state index in [2.05, 4.69) is 10.2 Å². The van der Waals surface area contributed by atoms with E-state index in [0.29, 0.717) is 11.3 Å².